The third kappa shape index (κ3) is 4.49. The van der Waals surface area contributed by atoms with Crippen molar-refractivity contribution in [3.05, 3.63) is 34.3 Å². The van der Waals surface area contributed by atoms with E-state index in [4.69, 9.17) is 0 Å². The number of aliphatic hydroxyl groups excluding tert-OH is 1. The van der Waals surface area contributed by atoms with Crippen molar-refractivity contribution < 1.29 is 9.90 Å². The van der Waals surface area contributed by atoms with E-state index in [1.54, 1.807) is 0 Å². The fourth-order valence-electron chi connectivity index (χ4n) is 2.66. The van der Waals surface area contributed by atoms with Gasteiger partial charge in [0.25, 0.3) is 0 Å². The molecule has 0 spiro atoms. The molecule has 0 aliphatic heterocycles. The number of amides is 2. The summed E-state index contributed by atoms with van der Waals surface area (Å²) in [6.07, 6.45) is 4.21. The Morgan fingerprint density at radius 1 is 1.35 bits per heavy atom. The highest BCUT2D eigenvalue weighted by atomic mass is 79.9. The number of nitrogens with one attached hydrogen (secondary N) is 2. The molecule has 1 saturated carbocycles. The molecule has 0 heterocycles. The molecule has 0 bridgehead atoms. The molecular weight excluding hydrogens is 320 g/mol. The van der Waals surface area contributed by atoms with Crippen LogP contribution < -0.4 is 10.6 Å². The Labute approximate surface area is 128 Å². The van der Waals surface area contributed by atoms with Gasteiger partial charge >= 0.3 is 6.03 Å². The molecule has 1 aromatic carbocycles. The Balaban J connectivity index is 1.80. The first-order valence-corrected chi connectivity index (χ1v) is 7.88. The highest BCUT2D eigenvalue weighted by Gasteiger charge is 2.25. The highest BCUT2D eigenvalue weighted by Crippen LogP contribution is 2.23. The topological polar surface area (TPSA) is 61.4 Å². The van der Waals surface area contributed by atoms with E-state index >= 15 is 0 Å². The van der Waals surface area contributed by atoms with Crippen molar-refractivity contribution in [3.63, 3.8) is 0 Å². The quantitative estimate of drug-likeness (QED) is 0.789. The van der Waals surface area contributed by atoms with Crippen LogP contribution in [0, 0.1) is 5.92 Å². The summed E-state index contributed by atoms with van der Waals surface area (Å²) in [6.45, 7) is 0.651. The first-order chi connectivity index (χ1) is 9.69. The fourth-order valence-corrected chi connectivity index (χ4v) is 3.11. The smallest absolute Gasteiger partial charge is 0.315 e. The van der Waals surface area contributed by atoms with E-state index in [1.165, 1.54) is 0 Å². The lowest BCUT2D eigenvalue weighted by molar-refractivity contribution is 0.153. The molecule has 110 valence electrons. The Kier molecular flexibility index (Phi) is 5.86. The third-order valence-corrected chi connectivity index (χ3v) is 4.30. The van der Waals surface area contributed by atoms with Crippen molar-refractivity contribution in [1.29, 1.82) is 0 Å². The van der Waals surface area contributed by atoms with Gasteiger partial charge in [0.2, 0.25) is 0 Å². The number of halogens is 1. The monoisotopic (exact) mass is 340 g/mol. The predicted molar refractivity (Wildman–Crippen MR) is 82.3 cm³/mol. The lowest BCUT2D eigenvalue weighted by Gasteiger charge is -2.30. The maximum absolute atomic E-state index is 11.9. The first kappa shape index (κ1) is 15.3. The molecule has 0 saturated heterocycles. The second kappa shape index (κ2) is 7.64. The van der Waals surface area contributed by atoms with Crippen LogP contribution in [-0.2, 0) is 6.54 Å². The van der Waals surface area contributed by atoms with Crippen LogP contribution in [-0.4, -0.2) is 23.8 Å². The zero-order valence-corrected chi connectivity index (χ0v) is 13.0. The van der Waals surface area contributed by atoms with Gasteiger partial charge in [-0.05, 0) is 30.5 Å². The minimum Gasteiger partial charge on any atom is -0.396 e. The number of rotatable bonds is 4. The van der Waals surface area contributed by atoms with Crippen LogP contribution >= 0.6 is 15.9 Å². The van der Waals surface area contributed by atoms with Crippen molar-refractivity contribution in [1.82, 2.24) is 10.6 Å². The summed E-state index contributed by atoms with van der Waals surface area (Å²) >= 11 is 3.41. The molecule has 4 nitrogen and oxygen atoms in total. The molecule has 20 heavy (non-hydrogen) atoms. The molecular formula is C15H21BrN2O2. The summed E-state index contributed by atoms with van der Waals surface area (Å²) in [6, 6.07) is 7.80. The van der Waals surface area contributed by atoms with Crippen molar-refractivity contribution >= 4 is 22.0 Å². The van der Waals surface area contributed by atoms with Gasteiger partial charge in [0, 0.05) is 29.6 Å². The van der Waals surface area contributed by atoms with Crippen LogP contribution in [0.15, 0.2) is 28.7 Å². The van der Waals surface area contributed by atoms with Gasteiger partial charge in [-0.1, -0.05) is 40.9 Å². The predicted octanol–water partition coefficient (Wildman–Crippen LogP) is 2.80. The first-order valence-electron chi connectivity index (χ1n) is 7.08. The molecule has 2 rings (SSSR count). The van der Waals surface area contributed by atoms with Crippen LogP contribution in [0.25, 0.3) is 0 Å². The normalized spacial score (nSPS) is 22.3. The highest BCUT2D eigenvalue weighted by molar-refractivity contribution is 9.10. The van der Waals surface area contributed by atoms with Crippen LogP contribution in [0.1, 0.15) is 31.2 Å². The summed E-state index contributed by atoms with van der Waals surface area (Å²) in [4.78, 5) is 11.9. The van der Waals surface area contributed by atoms with Crippen LogP contribution in [0.5, 0.6) is 0 Å². The maximum Gasteiger partial charge on any atom is 0.315 e. The maximum atomic E-state index is 11.9. The fraction of sp³-hybridized carbons (Fsp3) is 0.533. The van der Waals surface area contributed by atoms with E-state index in [1.807, 2.05) is 24.3 Å². The summed E-state index contributed by atoms with van der Waals surface area (Å²) in [5.74, 6) is 0.195. The van der Waals surface area contributed by atoms with Crippen LogP contribution in [0.3, 0.4) is 0 Å². The largest absolute Gasteiger partial charge is 0.396 e. The van der Waals surface area contributed by atoms with E-state index in [-0.39, 0.29) is 24.6 Å². The van der Waals surface area contributed by atoms with Crippen LogP contribution in [0.2, 0.25) is 0 Å². The number of benzene rings is 1. The number of hydrogen-bond donors (Lipinski definition) is 3. The number of aliphatic hydroxyl groups is 1. The minimum atomic E-state index is -0.157. The zero-order chi connectivity index (χ0) is 14.4. The van der Waals surface area contributed by atoms with E-state index < -0.39 is 0 Å². The van der Waals surface area contributed by atoms with E-state index in [2.05, 4.69) is 26.6 Å². The second-order valence-electron chi connectivity index (χ2n) is 5.29. The zero-order valence-electron chi connectivity index (χ0n) is 11.4. The van der Waals surface area contributed by atoms with Gasteiger partial charge in [-0.2, -0.15) is 0 Å². The Bertz CT molecular complexity index is 453. The van der Waals surface area contributed by atoms with Gasteiger partial charge in [-0.3, -0.25) is 0 Å². The standard InChI is InChI=1S/C15H21BrN2O2/c16-13-6-3-4-11(8-13)9-17-15(20)18-14-7-2-1-5-12(14)10-19/h3-4,6,8,12,14,19H,1-2,5,7,9-10H2,(H2,17,18,20). The summed E-state index contributed by atoms with van der Waals surface area (Å²) < 4.78 is 1.00. The van der Waals surface area contributed by atoms with Crippen molar-refractivity contribution in [2.45, 2.75) is 38.3 Å². The molecule has 2 amide bonds. The number of carbonyl (C=O) groups excluding carboxylic acids is 1. The van der Waals surface area contributed by atoms with Gasteiger partial charge in [0.1, 0.15) is 0 Å². The molecule has 2 atom stereocenters. The van der Waals surface area contributed by atoms with Gasteiger partial charge in [-0.15, -0.1) is 0 Å². The molecule has 1 aromatic rings. The average molecular weight is 341 g/mol. The number of carbonyl (C=O) groups is 1. The molecule has 2 unspecified atom stereocenters. The third-order valence-electron chi connectivity index (χ3n) is 3.80. The minimum absolute atomic E-state index is 0.0938. The summed E-state index contributed by atoms with van der Waals surface area (Å²) in [5.41, 5.74) is 1.05. The average Bonchev–Trinajstić information content (AvgIpc) is 2.46. The number of urea groups is 1. The van der Waals surface area contributed by atoms with Gasteiger partial charge in [0.15, 0.2) is 0 Å². The van der Waals surface area contributed by atoms with Crippen molar-refractivity contribution in [2.24, 2.45) is 5.92 Å². The van der Waals surface area contributed by atoms with E-state index in [0.717, 1.165) is 35.7 Å². The molecule has 0 aromatic heterocycles. The van der Waals surface area contributed by atoms with Crippen molar-refractivity contribution in [2.75, 3.05) is 6.61 Å². The van der Waals surface area contributed by atoms with E-state index in [9.17, 15) is 9.90 Å². The molecule has 5 heteroatoms. The Hall–Kier alpha value is -1.07. The molecule has 0 radical (unpaired) electrons. The summed E-state index contributed by atoms with van der Waals surface area (Å²) in [7, 11) is 0. The van der Waals surface area contributed by atoms with E-state index in [0.29, 0.717) is 6.54 Å². The second-order valence-corrected chi connectivity index (χ2v) is 6.21. The van der Waals surface area contributed by atoms with Gasteiger partial charge in [-0.25, -0.2) is 4.79 Å². The Morgan fingerprint density at radius 3 is 2.90 bits per heavy atom. The summed E-state index contributed by atoms with van der Waals surface area (Å²) in [5, 5.41) is 15.2. The SMILES string of the molecule is O=C(NCc1cccc(Br)c1)NC1CCCCC1CO. The molecule has 3 N–H and O–H groups in total. The lowest BCUT2D eigenvalue weighted by Crippen LogP contribution is -2.47. The molecule has 1 aliphatic rings. The lowest BCUT2D eigenvalue weighted by atomic mass is 9.85. The van der Waals surface area contributed by atoms with Crippen molar-refractivity contribution in [3.8, 4) is 0 Å². The molecule has 1 fully saturated rings. The molecule has 1 aliphatic carbocycles. The Morgan fingerprint density at radius 2 is 2.15 bits per heavy atom. The van der Waals surface area contributed by atoms with Crippen LogP contribution in [0.4, 0.5) is 4.79 Å². The van der Waals surface area contributed by atoms with Gasteiger partial charge in [0.05, 0.1) is 0 Å². The number of hydrogen-bond acceptors (Lipinski definition) is 2. The van der Waals surface area contributed by atoms with Gasteiger partial charge < -0.3 is 15.7 Å².